The third-order valence-corrected chi connectivity index (χ3v) is 8.35. The van der Waals surface area contributed by atoms with Crippen molar-refractivity contribution < 1.29 is 82.5 Å². The van der Waals surface area contributed by atoms with E-state index in [1.807, 2.05) is 79.8 Å². The van der Waals surface area contributed by atoms with Crippen molar-refractivity contribution in [3.8, 4) is 0 Å². The average molecular weight is 907 g/mol. The van der Waals surface area contributed by atoms with Gasteiger partial charge in [0.2, 0.25) is 7.48 Å². The number of methoxy groups -OCH3 is 2. The summed E-state index contributed by atoms with van der Waals surface area (Å²) in [4.78, 5) is 62.9. The van der Waals surface area contributed by atoms with Crippen LogP contribution in [0.15, 0.2) is 97.1 Å². The first-order valence-electron chi connectivity index (χ1n) is 18.6. The molecule has 0 fully saturated rings. The Kier molecular flexibility index (Phi) is 32.6. The molecule has 0 spiro atoms. The maximum absolute atomic E-state index is 11.9. The Balaban J connectivity index is 0. The Labute approximate surface area is 399 Å². The van der Waals surface area contributed by atoms with Crippen LogP contribution < -0.4 is 39.8 Å². The normalized spacial score (nSPS) is 10.4. The van der Waals surface area contributed by atoms with E-state index >= 15 is 0 Å². The number of nitrogens with zero attached hydrogens (tertiary/aromatic N) is 1. The van der Waals surface area contributed by atoms with Crippen molar-refractivity contribution >= 4 is 71.9 Å². The molecule has 2 atom stereocenters. The largest absolute Gasteiger partial charge is 1.00 e. The van der Waals surface area contributed by atoms with Gasteiger partial charge < -0.3 is 29.5 Å². The first-order valence-corrected chi connectivity index (χ1v) is 19.4. The molecule has 0 heterocycles. The van der Waals surface area contributed by atoms with Gasteiger partial charge in [-0.25, -0.2) is 35.5 Å². The van der Waals surface area contributed by atoms with Crippen molar-refractivity contribution in [2.45, 2.75) is 54.9 Å². The van der Waals surface area contributed by atoms with Crippen LogP contribution in [0.25, 0.3) is 0 Å². The zero-order valence-corrected chi connectivity index (χ0v) is 39.6. The zero-order chi connectivity index (χ0) is 45.0. The number of carbonyl (C=O) groups is 5. The number of carbonyl (C=O) groups excluding carboxylic acids is 5. The number of rotatable bonds is 14. The summed E-state index contributed by atoms with van der Waals surface area (Å²) in [5.74, 6) is -1.49. The molecule has 13 nitrogen and oxygen atoms in total. The van der Waals surface area contributed by atoms with Crippen LogP contribution in [0.3, 0.4) is 0 Å². The fourth-order valence-corrected chi connectivity index (χ4v) is 5.54. The van der Waals surface area contributed by atoms with Crippen LogP contribution >= 0.6 is 23.2 Å². The van der Waals surface area contributed by atoms with Crippen LogP contribution in [-0.4, -0.2) is 76.8 Å². The summed E-state index contributed by atoms with van der Waals surface area (Å²) in [5, 5.41) is 12.7. The molecule has 2 N–H and O–H groups in total. The molecule has 331 valence electrons. The van der Waals surface area contributed by atoms with E-state index in [4.69, 9.17) is 37.8 Å². The molecular formula is C45H57BCl2N2NaO11. The first kappa shape index (κ1) is 59.5. The van der Waals surface area contributed by atoms with Gasteiger partial charge in [-0.1, -0.05) is 93.0 Å². The minimum absolute atomic E-state index is 0. The summed E-state index contributed by atoms with van der Waals surface area (Å²) < 4.78 is 13.8. The number of aliphatic hydroxyl groups excluding tert-OH is 1. The zero-order valence-electron chi connectivity index (χ0n) is 36.1. The van der Waals surface area contributed by atoms with Gasteiger partial charge >= 0.3 is 53.4 Å². The fraction of sp³-hybridized carbons (Fsp3) is 0.333. The van der Waals surface area contributed by atoms with Crippen LogP contribution in [0.5, 0.6) is 0 Å². The van der Waals surface area contributed by atoms with Crippen molar-refractivity contribution in [2.24, 2.45) is 11.8 Å². The van der Waals surface area contributed by atoms with E-state index in [2.05, 4.69) is 50.6 Å². The average Bonchev–Trinajstić information content (AvgIpc) is 3.23. The number of esters is 2. The van der Waals surface area contributed by atoms with Crippen LogP contribution in [0.1, 0.15) is 73.9 Å². The molecule has 17 heteroatoms. The second kappa shape index (κ2) is 34.0. The number of ether oxygens (including phenoxy) is 2. The summed E-state index contributed by atoms with van der Waals surface area (Å²) >= 11 is 11.8. The maximum Gasteiger partial charge on any atom is 1.00 e. The van der Waals surface area contributed by atoms with Gasteiger partial charge in [0.1, 0.15) is 0 Å². The molecule has 62 heavy (non-hydrogen) atoms. The monoisotopic (exact) mass is 905 g/mol. The van der Waals surface area contributed by atoms with Crippen LogP contribution in [0.2, 0.25) is 10.0 Å². The molecule has 0 bridgehead atoms. The number of benzene rings is 4. The minimum atomic E-state index is -0.639. The van der Waals surface area contributed by atoms with Crippen LogP contribution in [0, 0.1) is 18.3 Å². The molecule has 4 aromatic rings. The van der Waals surface area contributed by atoms with Gasteiger partial charge in [0.05, 0.1) is 31.0 Å². The molecule has 1 radical (unpaired) electrons. The van der Waals surface area contributed by atoms with Crippen LogP contribution in [-0.2, 0) is 51.1 Å². The number of hydrogen-bond acceptors (Lipinski definition) is 13. The quantitative estimate of drug-likeness (QED) is 0.0484. The van der Waals surface area contributed by atoms with Crippen molar-refractivity contribution in [1.82, 2.24) is 0 Å². The van der Waals surface area contributed by atoms with Crippen molar-refractivity contribution in [3.63, 3.8) is 0 Å². The van der Waals surface area contributed by atoms with Crippen molar-refractivity contribution in [3.05, 3.63) is 136 Å². The van der Waals surface area contributed by atoms with E-state index in [1.54, 1.807) is 12.1 Å². The molecule has 4 rings (SSSR count). The number of para-hydroxylation sites is 2. The van der Waals surface area contributed by atoms with Gasteiger partial charge in [-0.3, -0.25) is 4.79 Å². The fourth-order valence-electron chi connectivity index (χ4n) is 5.29. The molecule has 0 aromatic heterocycles. The molecule has 0 aliphatic carbocycles. The molecular weight excluding hydrogens is 849 g/mol. The number of hydrogen-bond donors (Lipinski definition) is 2. The van der Waals surface area contributed by atoms with Gasteiger partial charge in [0.25, 0.3) is 5.97 Å². The van der Waals surface area contributed by atoms with Crippen molar-refractivity contribution in [2.75, 3.05) is 44.6 Å². The minimum Gasteiger partial charge on any atom is -0.577 e. The second-order valence-electron chi connectivity index (χ2n) is 13.2. The van der Waals surface area contributed by atoms with Crippen LogP contribution in [0.4, 0.5) is 11.4 Å². The summed E-state index contributed by atoms with van der Waals surface area (Å²) in [7, 11) is 5.70. The summed E-state index contributed by atoms with van der Waals surface area (Å²) in [5.41, 5.74) is 5.36. The van der Waals surface area contributed by atoms with Gasteiger partial charge in [0.15, 0.2) is 0 Å². The summed E-state index contributed by atoms with van der Waals surface area (Å²) in [6.45, 7) is 10.2. The number of nitrogens with one attached hydrogen (secondary N) is 1. The summed E-state index contributed by atoms with van der Waals surface area (Å²) in [6, 6.07) is 30.7. The molecule has 0 saturated carbocycles. The van der Waals surface area contributed by atoms with E-state index < -0.39 is 17.9 Å². The van der Waals surface area contributed by atoms with E-state index in [0.29, 0.717) is 29.5 Å². The Morgan fingerprint density at radius 3 is 1.56 bits per heavy atom. The topological polar surface area (TPSA) is 167 Å². The SMILES string of the molecule is C.CC(=O)OOC(C)=O.CC(=O)O[B][CH-]O.COC(=O)c1ccccc1N(C)CC(C)Cc1ccc(Cl)cc1.COC(=O)c1ccccc1NCC(C)Cc1ccc(Cl)cc1.[Na+]. The molecule has 2 unspecified atom stereocenters. The Morgan fingerprint density at radius 2 is 1.13 bits per heavy atom. The predicted molar refractivity (Wildman–Crippen MR) is 240 cm³/mol. The Hall–Kier alpha value is -4.57. The Bertz CT molecular complexity index is 1910. The van der Waals surface area contributed by atoms with E-state index in [-0.39, 0.29) is 48.9 Å². The number of anilines is 2. The number of aliphatic hydroxyl groups is 1. The molecule has 0 amide bonds. The number of halogens is 2. The standard InChI is InChI=1S/C19H22ClNO2.C18H20ClNO2.C4H6O4.C3H5BO3.CH4.Na/c1-14(12-15-8-10-16(20)11-9-15)13-21(2)18-7-5-4-6-17(18)19(22)23-3;1-13(11-14-7-9-15(19)10-8-14)12-20-17-6-4-3-5-16(17)18(21)22-2;1-3(5)7-8-4(2)6;1-3(6)7-4-2-5;;/h4-11,14H,12-13H2,1-3H3;3-10,13,20H,11-12H2,1-2H3;1-2H3;2,5H,1H3;1H4;/q;;;-1;;+1. The van der Waals surface area contributed by atoms with E-state index in [0.717, 1.165) is 68.7 Å². The van der Waals surface area contributed by atoms with Crippen molar-refractivity contribution in [1.29, 1.82) is 0 Å². The third-order valence-electron chi connectivity index (χ3n) is 7.85. The molecule has 0 aliphatic heterocycles. The predicted octanol–water partition coefficient (Wildman–Crippen LogP) is 6.19. The molecule has 0 aliphatic rings. The smallest absolute Gasteiger partial charge is 0.577 e. The van der Waals surface area contributed by atoms with Gasteiger partial charge in [0, 0.05) is 56.6 Å². The van der Waals surface area contributed by atoms with Gasteiger partial charge in [-0.05, 0) is 84.3 Å². The molecule has 0 saturated heterocycles. The summed E-state index contributed by atoms with van der Waals surface area (Å²) in [6.07, 6.45) is 1.91. The molecule has 4 aromatic carbocycles. The Morgan fingerprint density at radius 1 is 0.694 bits per heavy atom. The first-order chi connectivity index (χ1) is 28.5. The third kappa shape index (κ3) is 26.0. The van der Waals surface area contributed by atoms with E-state index in [1.165, 1.54) is 32.3 Å². The van der Waals surface area contributed by atoms with Gasteiger partial charge in [-0.15, -0.1) is 0 Å². The van der Waals surface area contributed by atoms with Gasteiger partial charge in [-0.2, -0.15) is 0 Å². The second-order valence-corrected chi connectivity index (χ2v) is 14.1. The maximum atomic E-state index is 11.9. The van der Waals surface area contributed by atoms with E-state index in [9.17, 15) is 24.0 Å².